The lowest BCUT2D eigenvalue weighted by atomic mass is 9.93. The van der Waals surface area contributed by atoms with Crippen molar-refractivity contribution in [2.24, 2.45) is 0 Å². The highest BCUT2D eigenvalue weighted by atomic mass is 32.1. The van der Waals surface area contributed by atoms with Crippen LogP contribution in [-0.2, 0) is 4.57 Å². The van der Waals surface area contributed by atoms with E-state index in [4.69, 9.17) is 4.74 Å². The van der Waals surface area contributed by atoms with E-state index in [1.165, 1.54) is 0 Å². The third kappa shape index (κ3) is 3.02. The molecule has 0 bridgehead atoms. The van der Waals surface area contributed by atoms with Crippen LogP contribution in [0.1, 0.15) is 0 Å². The van der Waals surface area contributed by atoms with Crippen molar-refractivity contribution < 1.29 is 19.1 Å². The Kier molecular flexibility index (Phi) is 4.29. The van der Waals surface area contributed by atoms with Gasteiger partial charge in [0.15, 0.2) is 0 Å². The Morgan fingerprint density at radius 1 is 0.962 bits per heavy atom. The fraction of sp³-hybridized carbons (Fsp3) is 0.0526. The van der Waals surface area contributed by atoms with Gasteiger partial charge in [0, 0.05) is 10.5 Å². The number of ether oxygens (including phenoxy) is 1. The van der Waals surface area contributed by atoms with Crippen molar-refractivity contribution >= 4 is 25.9 Å². The number of nitrogens with one attached hydrogen (secondary N) is 1. The average molecular weight is 385 g/mol. The molecule has 3 aromatic carbocycles. The second-order valence-electron chi connectivity index (χ2n) is 5.96. The minimum Gasteiger partial charge on any atom is -0.456 e. The molecule has 1 aliphatic heterocycles. The second kappa shape index (κ2) is 6.49. The number of rotatable bonds is 3. The summed E-state index contributed by atoms with van der Waals surface area (Å²) in [5.41, 5.74) is 4.17. The maximum atomic E-state index is 11.6. The summed E-state index contributed by atoms with van der Waals surface area (Å²) in [5.74, 6) is -1.03. The molecule has 0 radical (unpaired) electrons. The van der Waals surface area contributed by atoms with Crippen LogP contribution >= 0.6 is 20.2 Å². The van der Waals surface area contributed by atoms with E-state index in [9.17, 15) is 14.4 Å². The summed E-state index contributed by atoms with van der Waals surface area (Å²) in [4.78, 5) is 19.5. The quantitative estimate of drug-likeness (QED) is 0.392. The van der Waals surface area contributed by atoms with Gasteiger partial charge in [-0.15, -0.1) is 12.6 Å². The molecule has 0 amide bonds. The van der Waals surface area contributed by atoms with Crippen molar-refractivity contribution in [3.63, 3.8) is 0 Å². The summed E-state index contributed by atoms with van der Waals surface area (Å²) in [5, 5.41) is 2.77. The predicted molar refractivity (Wildman–Crippen MR) is 105 cm³/mol. The van der Waals surface area contributed by atoms with Crippen LogP contribution in [0.2, 0.25) is 0 Å². The van der Waals surface area contributed by atoms with Crippen LogP contribution in [0.3, 0.4) is 0 Å². The molecular weight excluding hydrogens is 369 g/mol. The first-order valence-electron chi connectivity index (χ1n) is 7.94. The highest BCUT2D eigenvalue weighted by molar-refractivity contribution is 7.80. The van der Waals surface area contributed by atoms with Crippen molar-refractivity contribution in [1.82, 2.24) is 0 Å². The van der Waals surface area contributed by atoms with Gasteiger partial charge in [0.25, 0.3) is 5.97 Å². The summed E-state index contributed by atoms with van der Waals surface area (Å²) in [6, 6.07) is 21.3. The second-order valence-corrected chi connectivity index (χ2v) is 8.05. The number of hydrogen-bond donors (Lipinski definition) is 4. The van der Waals surface area contributed by atoms with Gasteiger partial charge in [-0.05, 0) is 22.8 Å². The summed E-state index contributed by atoms with van der Waals surface area (Å²) in [6.45, 7) is 0. The van der Waals surface area contributed by atoms with Crippen LogP contribution in [0.25, 0.3) is 22.3 Å². The Labute approximate surface area is 156 Å². The highest BCUT2D eigenvalue weighted by Gasteiger charge is 2.38. The Bertz CT molecular complexity index is 1010. The lowest BCUT2D eigenvalue weighted by molar-refractivity contribution is 0.259. The van der Waals surface area contributed by atoms with E-state index in [0.717, 1.165) is 22.3 Å². The van der Waals surface area contributed by atoms with E-state index in [2.05, 4.69) is 17.9 Å². The van der Waals surface area contributed by atoms with E-state index in [-0.39, 0.29) is 0 Å². The van der Waals surface area contributed by atoms with Gasteiger partial charge in [0.2, 0.25) is 0 Å². The first kappa shape index (κ1) is 17.2. The van der Waals surface area contributed by atoms with E-state index in [1.54, 1.807) is 6.07 Å². The molecule has 1 aliphatic rings. The molecule has 26 heavy (non-hydrogen) atoms. The van der Waals surface area contributed by atoms with Crippen molar-refractivity contribution in [1.29, 1.82) is 0 Å². The number of hydrogen-bond acceptors (Lipinski definition) is 4. The van der Waals surface area contributed by atoms with Gasteiger partial charge >= 0.3 is 7.60 Å². The molecule has 1 atom stereocenters. The third-order valence-corrected chi connectivity index (χ3v) is 5.52. The van der Waals surface area contributed by atoms with E-state index in [0.29, 0.717) is 16.3 Å². The Hall–Kier alpha value is -2.24. The molecule has 1 unspecified atom stereocenters. The zero-order valence-electron chi connectivity index (χ0n) is 13.5. The molecule has 0 saturated carbocycles. The molecule has 0 saturated heterocycles. The van der Waals surface area contributed by atoms with Crippen molar-refractivity contribution in [3.8, 4) is 28.0 Å². The lowest BCUT2D eigenvalue weighted by Crippen LogP contribution is -2.19. The van der Waals surface area contributed by atoms with E-state index < -0.39 is 13.6 Å². The van der Waals surface area contributed by atoms with Crippen molar-refractivity contribution in [3.05, 3.63) is 66.7 Å². The van der Waals surface area contributed by atoms with Gasteiger partial charge in [-0.1, -0.05) is 60.7 Å². The third-order valence-electron chi connectivity index (χ3n) is 4.22. The van der Waals surface area contributed by atoms with Crippen LogP contribution in [0.5, 0.6) is 5.75 Å². The average Bonchev–Trinajstić information content (AvgIpc) is 3.08. The molecule has 7 heteroatoms. The molecule has 0 spiro atoms. The fourth-order valence-corrected chi connectivity index (χ4v) is 4.02. The van der Waals surface area contributed by atoms with Crippen LogP contribution < -0.4 is 10.1 Å². The zero-order valence-corrected chi connectivity index (χ0v) is 15.3. The summed E-state index contributed by atoms with van der Waals surface area (Å²) < 4.78 is 17.1. The molecule has 132 valence electrons. The van der Waals surface area contributed by atoms with Gasteiger partial charge in [-0.25, -0.2) is 0 Å². The largest absolute Gasteiger partial charge is 0.456 e. The standard InChI is InChI=1S/C19H16NO4PS/c21-25(22,23)19-20-17-15(24-19)11-14(12-7-3-1-4-8-12)16(18(17)26)13-9-5-2-6-10-13/h1-11,19-20,26H,(H2,21,22,23). The Morgan fingerprint density at radius 2 is 1.54 bits per heavy atom. The Balaban J connectivity index is 1.95. The normalized spacial score (nSPS) is 15.9. The van der Waals surface area contributed by atoms with Gasteiger partial charge in [-0.2, -0.15) is 0 Å². The minimum atomic E-state index is -4.46. The summed E-state index contributed by atoms with van der Waals surface area (Å²) in [6.07, 6.45) is 0. The molecule has 3 aromatic rings. The molecule has 5 nitrogen and oxygen atoms in total. The molecule has 0 aliphatic carbocycles. The first-order valence-corrected chi connectivity index (χ1v) is 10.1. The lowest BCUT2D eigenvalue weighted by Gasteiger charge is -2.15. The zero-order chi connectivity index (χ0) is 18.3. The predicted octanol–water partition coefficient (Wildman–Crippen LogP) is 4.57. The van der Waals surface area contributed by atoms with Crippen molar-refractivity contribution in [2.45, 2.75) is 10.9 Å². The SMILES string of the molecule is O=P(O)(O)C1Nc2c(cc(-c3ccccc3)c(-c3ccccc3)c2S)O1. The molecular formula is C19H16NO4PS. The summed E-state index contributed by atoms with van der Waals surface area (Å²) in [7, 11) is -4.46. The van der Waals surface area contributed by atoms with Crippen LogP contribution in [0.4, 0.5) is 5.69 Å². The molecule has 0 fully saturated rings. The number of anilines is 1. The molecule has 0 aromatic heterocycles. The molecule has 1 heterocycles. The summed E-state index contributed by atoms with van der Waals surface area (Å²) >= 11 is 4.67. The van der Waals surface area contributed by atoms with Crippen LogP contribution in [0.15, 0.2) is 71.6 Å². The topological polar surface area (TPSA) is 78.8 Å². The smallest absolute Gasteiger partial charge is 0.386 e. The van der Waals surface area contributed by atoms with Crippen molar-refractivity contribution in [2.75, 3.05) is 5.32 Å². The highest BCUT2D eigenvalue weighted by Crippen LogP contribution is 2.53. The maximum absolute atomic E-state index is 11.6. The first-order chi connectivity index (χ1) is 12.4. The van der Waals surface area contributed by atoms with Crippen LogP contribution in [-0.4, -0.2) is 15.8 Å². The number of benzene rings is 3. The monoisotopic (exact) mass is 385 g/mol. The van der Waals surface area contributed by atoms with Gasteiger partial charge in [-0.3, -0.25) is 4.57 Å². The molecule has 4 rings (SSSR count). The number of fused-ring (bicyclic) bond motifs is 1. The van der Waals surface area contributed by atoms with Gasteiger partial charge in [0.1, 0.15) is 5.75 Å². The van der Waals surface area contributed by atoms with Gasteiger partial charge in [0.05, 0.1) is 5.69 Å². The van der Waals surface area contributed by atoms with E-state index in [1.807, 2.05) is 60.7 Å². The number of thiol groups is 1. The fourth-order valence-electron chi connectivity index (χ4n) is 3.05. The van der Waals surface area contributed by atoms with Gasteiger partial charge < -0.3 is 19.8 Å². The maximum Gasteiger partial charge on any atom is 0.386 e. The Morgan fingerprint density at radius 3 is 2.12 bits per heavy atom. The molecule has 3 N–H and O–H groups in total. The minimum absolute atomic E-state index is 0.377. The van der Waals surface area contributed by atoms with E-state index >= 15 is 0 Å². The van der Waals surface area contributed by atoms with Crippen LogP contribution in [0, 0.1) is 0 Å².